The fourth-order valence-corrected chi connectivity index (χ4v) is 6.80. The van der Waals surface area contributed by atoms with Crippen molar-refractivity contribution in [1.82, 2.24) is 14.5 Å². The molecule has 6 rings (SSSR count). The molecule has 2 fully saturated rings. The molecule has 10 heteroatoms. The number of aliphatic carboxylic acids is 1. The number of aryl methyl sites for hydroxylation is 1. The van der Waals surface area contributed by atoms with Gasteiger partial charge in [-0.2, -0.15) is 4.39 Å². The highest BCUT2D eigenvalue weighted by atomic mass is 32.1. The van der Waals surface area contributed by atoms with Gasteiger partial charge >= 0.3 is 5.97 Å². The molecule has 40 heavy (non-hydrogen) atoms. The molecule has 4 aromatic rings. The van der Waals surface area contributed by atoms with Crippen LogP contribution >= 0.6 is 11.3 Å². The predicted octanol–water partition coefficient (Wildman–Crippen LogP) is 6.81. The van der Waals surface area contributed by atoms with E-state index in [0.29, 0.717) is 23.5 Å². The number of thiazole rings is 1. The van der Waals surface area contributed by atoms with E-state index in [4.69, 9.17) is 0 Å². The van der Waals surface area contributed by atoms with Gasteiger partial charge in [-0.1, -0.05) is 43.1 Å². The number of carboxylic acids is 1. The van der Waals surface area contributed by atoms with Crippen LogP contribution in [0, 0.1) is 22.8 Å². The zero-order chi connectivity index (χ0) is 28.0. The maximum atomic E-state index is 15.6. The predicted molar refractivity (Wildman–Crippen MR) is 150 cm³/mol. The Balaban J connectivity index is 1.37. The summed E-state index contributed by atoms with van der Waals surface area (Å²) in [7, 11) is 1.90. The number of amides is 1. The Morgan fingerprint density at radius 1 is 1.12 bits per heavy atom. The van der Waals surface area contributed by atoms with Crippen molar-refractivity contribution in [2.45, 2.75) is 57.4 Å². The number of pyridine rings is 1. The molecular weight excluding hydrogens is 534 g/mol. The van der Waals surface area contributed by atoms with Gasteiger partial charge in [-0.15, -0.1) is 0 Å². The van der Waals surface area contributed by atoms with Crippen molar-refractivity contribution in [1.29, 1.82) is 0 Å². The molecule has 0 saturated heterocycles. The number of halogens is 2. The average Bonchev–Trinajstić information content (AvgIpc) is 3.29. The Kier molecular flexibility index (Phi) is 7.12. The lowest BCUT2D eigenvalue weighted by molar-refractivity contribution is -0.141. The highest BCUT2D eigenvalue weighted by Crippen LogP contribution is 2.42. The first-order valence-corrected chi connectivity index (χ1v) is 14.5. The van der Waals surface area contributed by atoms with Gasteiger partial charge in [0.05, 0.1) is 6.42 Å². The van der Waals surface area contributed by atoms with E-state index in [-0.39, 0.29) is 34.8 Å². The second-order valence-electron chi connectivity index (χ2n) is 11.0. The monoisotopic (exact) mass is 564 g/mol. The summed E-state index contributed by atoms with van der Waals surface area (Å²) in [4.78, 5) is 36.1. The molecule has 0 spiro atoms. The standard InChI is InChI=1S/C30H30F2N4O3S/c1-35-11-10-18-13-20(16-33-28(18)35)23-9-6-21(31)15-24(23)26-27(32)40-30(34-26)36(22-7-8-22)29(39)19(14-25(37)38)12-17-4-2-3-5-17/h6,9-11,13,15-17,19,22H,2-5,7-8,12,14H2,1H3,(H,37,38)/t19-/m1/s1. The fourth-order valence-electron chi connectivity index (χ4n) is 5.92. The smallest absolute Gasteiger partial charge is 0.304 e. The number of carbonyl (C=O) groups is 2. The minimum Gasteiger partial charge on any atom is -0.481 e. The van der Waals surface area contributed by atoms with Gasteiger partial charge in [-0.05, 0) is 55.0 Å². The van der Waals surface area contributed by atoms with Crippen molar-refractivity contribution in [2.24, 2.45) is 18.9 Å². The molecule has 1 aromatic carbocycles. The summed E-state index contributed by atoms with van der Waals surface area (Å²) in [6.07, 6.45) is 9.49. The Labute approximate surface area is 234 Å². The molecule has 208 valence electrons. The summed E-state index contributed by atoms with van der Waals surface area (Å²) in [5.74, 6) is -2.23. The van der Waals surface area contributed by atoms with Gasteiger partial charge in [0.2, 0.25) is 11.0 Å². The maximum absolute atomic E-state index is 15.6. The normalized spacial score (nSPS) is 16.5. The second-order valence-corrected chi connectivity index (χ2v) is 11.9. The van der Waals surface area contributed by atoms with Crippen LogP contribution in [0.15, 0.2) is 42.7 Å². The third-order valence-electron chi connectivity index (χ3n) is 8.05. The average molecular weight is 565 g/mol. The Bertz CT molecular complexity index is 1590. The van der Waals surface area contributed by atoms with Crippen LogP contribution in [0.1, 0.15) is 51.4 Å². The van der Waals surface area contributed by atoms with Crippen LogP contribution in [0.5, 0.6) is 0 Å². The molecule has 7 nitrogen and oxygen atoms in total. The van der Waals surface area contributed by atoms with E-state index in [1.807, 2.05) is 29.9 Å². The van der Waals surface area contributed by atoms with E-state index >= 15 is 4.39 Å². The number of carbonyl (C=O) groups excluding carboxylic acids is 1. The van der Waals surface area contributed by atoms with Gasteiger partial charge in [0, 0.05) is 47.9 Å². The van der Waals surface area contributed by atoms with Crippen LogP contribution in [-0.2, 0) is 16.6 Å². The summed E-state index contributed by atoms with van der Waals surface area (Å²) in [6, 6.07) is 7.87. The lowest BCUT2D eigenvalue weighted by Crippen LogP contribution is -2.39. The second kappa shape index (κ2) is 10.7. The molecule has 2 aliphatic rings. The number of hydrogen-bond acceptors (Lipinski definition) is 5. The Morgan fingerprint density at radius 3 is 2.62 bits per heavy atom. The molecule has 0 radical (unpaired) electrons. The van der Waals surface area contributed by atoms with Crippen molar-refractivity contribution in [3.8, 4) is 22.4 Å². The highest BCUT2D eigenvalue weighted by molar-refractivity contribution is 7.14. The van der Waals surface area contributed by atoms with E-state index in [9.17, 15) is 19.1 Å². The van der Waals surface area contributed by atoms with E-state index in [0.717, 1.165) is 60.9 Å². The summed E-state index contributed by atoms with van der Waals surface area (Å²) in [5.41, 5.74) is 2.29. The summed E-state index contributed by atoms with van der Waals surface area (Å²) in [5, 5.41) is 10.0. The van der Waals surface area contributed by atoms with Gasteiger partial charge < -0.3 is 9.67 Å². The van der Waals surface area contributed by atoms with Crippen LogP contribution in [0.3, 0.4) is 0 Å². The van der Waals surface area contributed by atoms with Gasteiger partial charge in [-0.3, -0.25) is 14.5 Å². The van der Waals surface area contributed by atoms with Crippen molar-refractivity contribution < 1.29 is 23.5 Å². The lowest BCUT2D eigenvalue weighted by atomic mass is 9.90. The highest BCUT2D eigenvalue weighted by Gasteiger charge is 2.40. The van der Waals surface area contributed by atoms with Gasteiger partial charge in [-0.25, -0.2) is 14.4 Å². The number of nitrogens with zero attached hydrogens (tertiary/aromatic N) is 4. The molecular formula is C30H30F2N4O3S. The third kappa shape index (κ3) is 5.24. The molecule has 1 atom stereocenters. The molecule has 3 aromatic heterocycles. The van der Waals surface area contributed by atoms with Crippen LogP contribution in [0.2, 0.25) is 0 Å². The molecule has 0 unspecified atom stereocenters. The van der Waals surface area contributed by atoms with Gasteiger partial charge in [0.15, 0.2) is 5.13 Å². The summed E-state index contributed by atoms with van der Waals surface area (Å²) >= 11 is 0.747. The summed E-state index contributed by atoms with van der Waals surface area (Å²) in [6.45, 7) is 0. The minimum absolute atomic E-state index is 0.0355. The molecule has 2 saturated carbocycles. The van der Waals surface area contributed by atoms with Gasteiger partial charge in [0.1, 0.15) is 17.2 Å². The largest absolute Gasteiger partial charge is 0.481 e. The number of fused-ring (bicyclic) bond motifs is 1. The number of carboxylic acid groups (broad SMARTS) is 1. The quantitative estimate of drug-likeness (QED) is 0.241. The summed E-state index contributed by atoms with van der Waals surface area (Å²) < 4.78 is 32.0. The van der Waals surface area contributed by atoms with Crippen LogP contribution in [-0.4, -0.2) is 37.6 Å². The topological polar surface area (TPSA) is 88.3 Å². The maximum Gasteiger partial charge on any atom is 0.304 e. The molecule has 1 amide bonds. The third-order valence-corrected chi connectivity index (χ3v) is 8.89. The molecule has 0 aliphatic heterocycles. The molecule has 2 aliphatic carbocycles. The first kappa shape index (κ1) is 26.6. The van der Waals surface area contributed by atoms with Crippen molar-refractivity contribution >= 4 is 39.4 Å². The zero-order valence-electron chi connectivity index (χ0n) is 22.1. The first-order valence-electron chi connectivity index (χ1n) is 13.7. The Morgan fingerprint density at radius 2 is 1.90 bits per heavy atom. The number of aromatic nitrogens is 3. The Hall–Kier alpha value is -3.66. The van der Waals surface area contributed by atoms with E-state index in [2.05, 4.69) is 9.97 Å². The SMILES string of the molecule is Cn1ccc2cc(-c3ccc(F)cc3-c3nc(N(C(=O)[C@@H](CC(=O)O)CC4CCCC4)C4CC4)sc3F)cnc21. The van der Waals surface area contributed by atoms with Crippen molar-refractivity contribution in [3.63, 3.8) is 0 Å². The van der Waals surface area contributed by atoms with Crippen LogP contribution in [0.4, 0.5) is 13.9 Å². The van der Waals surface area contributed by atoms with Gasteiger partial charge in [0.25, 0.3) is 0 Å². The molecule has 1 N–H and O–H groups in total. The minimum atomic E-state index is -1.02. The van der Waals surface area contributed by atoms with Crippen LogP contribution < -0.4 is 4.90 Å². The van der Waals surface area contributed by atoms with E-state index in [1.54, 1.807) is 12.3 Å². The fraction of sp³-hybridized carbons (Fsp3) is 0.400. The van der Waals surface area contributed by atoms with Crippen molar-refractivity contribution in [3.05, 3.63) is 53.7 Å². The number of rotatable bonds is 9. The zero-order valence-corrected chi connectivity index (χ0v) is 23.0. The van der Waals surface area contributed by atoms with E-state index < -0.39 is 22.8 Å². The van der Waals surface area contributed by atoms with Crippen molar-refractivity contribution in [2.75, 3.05) is 4.90 Å². The number of anilines is 1. The van der Waals surface area contributed by atoms with E-state index in [1.165, 1.54) is 17.0 Å². The number of benzene rings is 1. The lowest BCUT2D eigenvalue weighted by Gasteiger charge is -2.26. The number of hydrogen-bond donors (Lipinski definition) is 1. The molecule has 0 bridgehead atoms. The van der Waals surface area contributed by atoms with Crippen LogP contribution in [0.25, 0.3) is 33.4 Å². The first-order chi connectivity index (χ1) is 19.3. The molecule has 3 heterocycles.